The molecule has 0 spiro atoms. The highest BCUT2D eigenvalue weighted by atomic mass is 32.2. The number of thioether (sulfide) groups is 2. The fourth-order valence-corrected chi connectivity index (χ4v) is 5.42. The second kappa shape index (κ2) is 5.98. The second-order valence-corrected chi connectivity index (χ2v) is 7.92. The highest BCUT2D eigenvalue weighted by Crippen LogP contribution is 2.39. The lowest BCUT2D eigenvalue weighted by Crippen LogP contribution is -2.41. The maximum absolute atomic E-state index is 10.4. The van der Waals surface area contributed by atoms with Gasteiger partial charge in [-0.1, -0.05) is 13.8 Å². The average molecular weight is 262 g/mol. The largest absolute Gasteiger partial charge is 0.392 e. The summed E-state index contributed by atoms with van der Waals surface area (Å²) in [5, 5.41) is 12.2. The van der Waals surface area contributed by atoms with E-state index in [2.05, 4.69) is 13.8 Å². The van der Waals surface area contributed by atoms with Crippen LogP contribution in [0.1, 0.15) is 26.7 Å². The summed E-state index contributed by atoms with van der Waals surface area (Å²) >= 11 is 3.97. The van der Waals surface area contributed by atoms with Crippen LogP contribution < -0.4 is 0 Å². The molecule has 2 nitrogen and oxygen atoms in total. The minimum Gasteiger partial charge on any atom is -0.392 e. The Bertz CT molecular complexity index is 219. The van der Waals surface area contributed by atoms with E-state index in [1.807, 2.05) is 23.5 Å². The number of rotatable bonds is 2. The normalized spacial score (nSPS) is 42.9. The first kappa shape index (κ1) is 13.1. The van der Waals surface area contributed by atoms with E-state index < -0.39 is 0 Å². The van der Waals surface area contributed by atoms with Crippen LogP contribution in [0.2, 0.25) is 0 Å². The molecule has 16 heavy (non-hydrogen) atoms. The summed E-state index contributed by atoms with van der Waals surface area (Å²) in [7, 11) is 0. The number of aliphatic hydroxyl groups excluding tert-OH is 1. The molecule has 5 unspecified atom stereocenters. The van der Waals surface area contributed by atoms with Crippen molar-refractivity contribution in [3.63, 3.8) is 0 Å². The second-order valence-electron chi connectivity index (χ2n) is 4.89. The molecule has 2 heterocycles. The van der Waals surface area contributed by atoms with Crippen LogP contribution in [0.3, 0.4) is 0 Å². The Kier molecular flexibility index (Phi) is 4.89. The van der Waals surface area contributed by atoms with Crippen LogP contribution in [0.5, 0.6) is 0 Å². The van der Waals surface area contributed by atoms with Gasteiger partial charge < -0.3 is 9.84 Å². The molecule has 1 N–H and O–H groups in total. The monoisotopic (exact) mass is 262 g/mol. The van der Waals surface area contributed by atoms with Gasteiger partial charge in [-0.25, -0.2) is 0 Å². The van der Waals surface area contributed by atoms with Crippen LogP contribution in [-0.4, -0.2) is 45.9 Å². The van der Waals surface area contributed by atoms with E-state index in [1.165, 1.54) is 0 Å². The standard InChI is InChI=1S/C12H22O2S2/c1-8-9(2)16-11(7-15-8)12(13)10-4-3-5-14-6-10/h8-13H,3-7H2,1-2H3. The molecule has 94 valence electrons. The van der Waals surface area contributed by atoms with Crippen molar-refractivity contribution >= 4 is 23.5 Å². The zero-order chi connectivity index (χ0) is 11.5. The summed E-state index contributed by atoms with van der Waals surface area (Å²) in [6.45, 7) is 6.20. The molecule has 0 aromatic rings. The topological polar surface area (TPSA) is 29.5 Å². The molecular weight excluding hydrogens is 240 g/mol. The molecule has 0 aliphatic carbocycles. The van der Waals surface area contributed by atoms with Gasteiger partial charge in [-0.05, 0) is 12.8 Å². The van der Waals surface area contributed by atoms with Crippen LogP contribution in [0.15, 0.2) is 0 Å². The Balaban J connectivity index is 1.86. The number of ether oxygens (including phenoxy) is 1. The van der Waals surface area contributed by atoms with E-state index in [9.17, 15) is 5.11 Å². The zero-order valence-corrected chi connectivity index (χ0v) is 11.7. The number of hydrogen-bond donors (Lipinski definition) is 1. The van der Waals surface area contributed by atoms with Crippen LogP contribution in [0.25, 0.3) is 0 Å². The lowest BCUT2D eigenvalue weighted by molar-refractivity contribution is -0.00757. The smallest absolute Gasteiger partial charge is 0.0716 e. The lowest BCUT2D eigenvalue weighted by atomic mass is 9.94. The third-order valence-corrected chi connectivity index (χ3v) is 7.13. The van der Waals surface area contributed by atoms with Gasteiger partial charge >= 0.3 is 0 Å². The zero-order valence-electron chi connectivity index (χ0n) is 10.1. The molecule has 0 amide bonds. The summed E-state index contributed by atoms with van der Waals surface area (Å²) in [6.07, 6.45) is 2.07. The van der Waals surface area contributed by atoms with Crippen LogP contribution in [-0.2, 0) is 4.74 Å². The lowest BCUT2D eigenvalue weighted by Gasteiger charge is -2.37. The minimum absolute atomic E-state index is 0.173. The van der Waals surface area contributed by atoms with Gasteiger partial charge in [0.1, 0.15) is 0 Å². The summed E-state index contributed by atoms with van der Waals surface area (Å²) in [5.41, 5.74) is 0. The van der Waals surface area contributed by atoms with Crippen molar-refractivity contribution in [2.24, 2.45) is 5.92 Å². The first-order chi connectivity index (χ1) is 7.68. The predicted molar refractivity (Wildman–Crippen MR) is 72.3 cm³/mol. The fourth-order valence-electron chi connectivity index (χ4n) is 2.33. The van der Waals surface area contributed by atoms with Crippen molar-refractivity contribution in [3.05, 3.63) is 0 Å². The molecule has 2 fully saturated rings. The van der Waals surface area contributed by atoms with Crippen molar-refractivity contribution in [2.75, 3.05) is 19.0 Å². The van der Waals surface area contributed by atoms with Crippen molar-refractivity contribution in [3.8, 4) is 0 Å². The van der Waals surface area contributed by atoms with Crippen LogP contribution in [0, 0.1) is 5.92 Å². The van der Waals surface area contributed by atoms with E-state index >= 15 is 0 Å². The molecule has 0 aromatic heterocycles. The highest BCUT2D eigenvalue weighted by Gasteiger charge is 2.34. The van der Waals surface area contributed by atoms with Gasteiger partial charge in [0.25, 0.3) is 0 Å². The molecule has 2 aliphatic heterocycles. The van der Waals surface area contributed by atoms with Gasteiger partial charge in [0.15, 0.2) is 0 Å². The van der Waals surface area contributed by atoms with Gasteiger partial charge in [-0.3, -0.25) is 0 Å². The molecule has 4 heteroatoms. The van der Waals surface area contributed by atoms with Crippen molar-refractivity contribution in [2.45, 2.75) is 48.5 Å². The molecule has 2 aliphatic rings. The first-order valence-electron chi connectivity index (χ1n) is 6.21. The first-order valence-corrected chi connectivity index (χ1v) is 8.20. The number of aliphatic hydroxyl groups is 1. The Morgan fingerprint density at radius 1 is 1.31 bits per heavy atom. The Morgan fingerprint density at radius 3 is 2.75 bits per heavy atom. The fraction of sp³-hybridized carbons (Fsp3) is 1.00. The maximum Gasteiger partial charge on any atom is 0.0716 e. The SMILES string of the molecule is CC1SCC(C(O)C2CCCOC2)SC1C. The molecule has 0 aromatic carbocycles. The Labute approximate surface area is 107 Å². The summed E-state index contributed by atoms with van der Waals surface area (Å²) < 4.78 is 5.47. The Morgan fingerprint density at radius 2 is 2.12 bits per heavy atom. The molecule has 0 radical (unpaired) electrons. The van der Waals surface area contributed by atoms with E-state index in [0.717, 1.165) is 37.1 Å². The van der Waals surface area contributed by atoms with E-state index in [4.69, 9.17) is 4.74 Å². The third kappa shape index (κ3) is 3.09. The molecule has 0 saturated carbocycles. The van der Waals surface area contributed by atoms with Gasteiger partial charge in [0.05, 0.1) is 12.7 Å². The van der Waals surface area contributed by atoms with Crippen molar-refractivity contribution < 1.29 is 9.84 Å². The Hall–Kier alpha value is 0.620. The summed E-state index contributed by atoms with van der Waals surface area (Å²) in [4.78, 5) is 0. The summed E-state index contributed by atoms with van der Waals surface area (Å²) in [6, 6.07) is 0. The molecule has 2 saturated heterocycles. The molecule has 5 atom stereocenters. The van der Waals surface area contributed by atoms with Gasteiger partial charge in [-0.2, -0.15) is 23.5 Å². The number of hydrogen-bond acceptors (Lipinski definition) is 4. The quantitative estimate of drug-likeness (QED) is 0.827. The molecular formula is C12H22O2S2. The van der Waals surface area contributed by atoms with Crippen LogP contribution in [0.4, 0.5) is 0 Å². The van der Waals surface area contributed by atoms with Crippen molar-refractivity contribution in [1.82, 2.24) is 0 Å². The highest BCUT2D eigenvalue weighted by molar-refractivity contribution is 8.07. The molecule has 2 rings (SSSR count). The van der Waals surface area contributed by atoms with Crippen molar-refractivity contribution in [1.29, 1.82) is 0 Å². The van der Waals surface area contributed by atoms with E-state index in [0.29, 0.717) is 16.4 Å². The maximum atomic E-state index is 10.4. The third-order valence-electron chi connectivity index (χ3n) is 3.63. The average Bonchev–Trinajstić information content (AvgIpc) is 2.33. The van der Waals surface area contributed by atoms with Crippen LogP contribution >= 0.6 is 23.5 Å². The molecule has 0 bridgehead atoms. The predicted octanol–water partition coefficient (Wildman–Crippen LogP) is 2.40. The van der Waals surface area contributed by atoms with Gasteiger partial charge in [0.2, 0.25) is 0 Å². The van der Waals surface area contributed by atoms with Gasteiger partial charge in [0, 0.05) is 34.0 Å². The van der Waals surface area contributed by atoms with Gasteiger partial charge in [-0.15, -0.1) is 0 Å². The summed E-state index contributed by atoms with van der Waals surface area (Å²) in [5.74, 6) is 1.46. The minimum atomic E-state index is -0.173. The van der Waals surface area contributed by atoms with E-state index in [1.54, 1.807) is 0 Å². The van der Waals surface area contributed by atoms with E-state index in [-0.39, 0.29) is 6.10 Å².